The van der Waals surface area contributed by atoms with Crippen molar-refractivity contribution in [1.29, 1.82) is 0 Å². The van der Waals surface area contributed by atoms with E-state index in [2.05, 4.69) is 5.32 Å². The number of halogens is 2. The molecular formula is C28H45ClFN3O4. The van der Waals surface area contributed by atoms with E-state index in [1.807, 2.05) is 0 Å². The smallest absolute Gasteiger partial charge is 0.317 e. The molecule has 2 aliphatic rings. The molecule has 0 radical (unpaired) electrons. The van der Waals surface area contributed by atoms with Crippen LogP contribution in [0.25, 0.3) is 0 Å². The quantitative estimate of drug-likeness (QED) is 0.307. The molecule has 37 heavy (non-hydrogen) atoms. The van der Waals surface area contributed by atoms with Gasteiger partial charge in [-0.3, -0.25) is 0 Å². The Morgan fingerprint density at radius 1 is 1.27 bits per heavy atom. The van der Waals surface area contributed by atoms with Crippen molar-refractivity contribution in [3.8, 4) is 0 Å². The summed E-state index contributed by atoms with van der Waals surface area (Å²) >= 11 is 6.08. The van der Waals surface area contributed by atoms with Gasteiger partial charge in [0, 0.05) is 44.3 Å². The first-order chi connectivity index (χ1) is 17.7. The summed E-state index contributed by atoms with van der Waals surface area (Å²) in [6, 6.07) is 3.50. The van der Waals surface area contributed by atoms with Gasteiger partial charge in [-0.15, -0.1) is 0 Å². The number of aliphatic hydroxyl groups is 2. The Hall–Kier alpha value is -1.45. The van der Waals surface area contributed by atoms with Crippen molar-refractivity contribution in [3.63, 3.8) is 0 Å². The van der Waals surface area contributed by atoms with Crippen molar-refractivity contribution in [2.45, 2.75) is 94.9 Å². The van der Waals surface area contributed by atoms with Crippen molar-refractivity contribution in [2.75, 3.05) is 26.8 Å². The van der Waals surface area contributed by atoms with E-state index >= 15 is 4.39 Å². The molecule has 1 aromatic rings. The van der Waals surface area contributed by atoms with Crippen LogP contribution in [-0.2, 0) is 10.3 Å². The lowest BCUT2D eigenvalue weighted by Crippen LogP contribution is -2.57. The molecule has 1 aliphatic heterocycles. The number of hydrogen-bond acceptors (Lipinski definition) is 5. The lowest BCUT2D eigenvalue weighted by Gasteiger charge is -2.43. The highest BCUT2D eigenvalue weighted by atomic mass is 35.5. The first-order valence-electron chi connectivity index (χ1n) is 13.8. The van der Waals surface area contributed by atoms with Gasteiger partial charge in [-0.25, -0.2) is 9.18 Å². The number of aliphatic hydroxyl groups excluding tert-OH is 1. The Labute approximate surface area is 225 Å². The largest absolute Gasteiger partial charge is 0.389 e. The zero-order valence-electron chi connectivity index (χ0n) is 22.3. The second kappa shape index (κ2) is 14.1. The zero-order valence-corrected chi connectivity index (χ0v) is 23.1. The molecule has 1 aromatic carbocycles. The maximum Gasteiger partial charge on any atom is 0.317 e. The number of methoxy groups -OCH3 is 1. The maximum atomic E-state index is 15.1. The van der Waals surface area contributed by atoms with Crippen LogP contribution >= 0.6 is 11.6 Å². The predicted molar refractivity (Wildman–Crippen MR) is 144 cm³/mol. The zero-order chi connectivity index (χ0) is 27.0. The number of nitrogens with one attached hydrogen (secondary N) is 1. The highest BCUT2D eigenvalue weighted by Crippen LogP contribution is 2.42. The summed E-state index contributed by atoms with van der Waals surface area (Å²) in [6.45, 7) is 3.13. The molecule has 2 fully saturated rings. The van der Waals surface area contributed by atoms with Gasteiger partial charge in [0.05, 0.1) is 22.8 Å². The Morgan fingerprint density at radius 3 is 2.70 bits per heavy atom. The number of hydrogen-bond donors (Lipinski definition) is 4. The summed E-state index contributed by atoms with van der Waals surface area (Å²) in [7, 11) is 1.63. The van der Waals surface area contributed by atoms with Gasteiger partial charge in [0.2, 0.25) is 0 Å². The lowest BCUT2D eigenvalue weighted by molar-refractivity contribution is -0.0589. The lowest BCUT2D eigenvalue weighted by atomic mass is 9.74. The van der Waals surface area contributed by atoms with Gasteiger partial charge in [0.25, 0.3) is 0 Å². The molecule has 1 aliphatic carbocycles. The van der Waals surface area contributed by atoms with E-state index in [0.717, 1.165) is 32.1 Å². The molecule has 1 saturated heterocycles. The Kier molecular flexibility index (Phi) is 11.5. The number of likely N-dealkylation sites (tertiary alicyclic amines) is 1. The van der Waals surface area contributed by atoms with E-state index in [1.165, 1.54) is 12.5 Å². The van der Waals surface area contributed by atoms with E-state index in [-0.39, 0.29) is 41.0 Å². The third-order valence-electron chi connectivity index (χ3n) is 8.41. The number of ether oxygens (including phenoxy) is 1. The number of rotatable bonds is 11. The monoisotopic (exact) mass is 541 g/mol. The number of urea groups is 1. The fourth-order valence-corrected chi connectivity index (χ4v) is 6.27. The van der Waals surface area contributed by atoms with Crippen LogP contribution in [0, 0.1) is 17.7 Å². The number of nitrogens with zero attached hydrogens (tertiary/aromatic N) is 1. The van der Waals surface area contributed by atoms with E-state index in [9.17, 15) is 15.0 Å². The van der Waals surface area contributed by atoms with Crippen molar-refractivity contribution < 1.29 is 24.1 Å². The van der Waals surface area contributed by atoms with Crippen molar-refractivity contribution in [3.05, 3.63) is 34.6 Å². The number of benzene rings is 1. The van der Waals surface area contributed by atoms with Crippen LogP contribution in [0.4, 0.5) is 9.18 Å². The molecule has 2 amide bonds. The molecule has 3 rings (SSSR count). The fourth-order valence-electron chi connectivity index (χ4n) is 6.09. The topological polar surface area (TPSA) is 108 Å². The van der Waals surface area contributed by atoms with E-state index < -0.39 is 23.6 Å². The number of carbonyl (C=O) groups excluding carboxylic acids is 1. The van der Waals surface area contributed by atoms with Crippen LogP contribution in [0.15, 0.2) is 18.2 Å². The first kappa shape index (κ1) is 30.1. The minimum Gasteiger partial charge on any atom is -0.389 e. The standard InChI is InChI=1S/C28H45ClFN3O4/c1-19(26(34)25(31)20-10-4-3-5-11-20)32-27(35)33-16-9-12-21(18-33)28(36,15-6-7-17-37-2)22-13-8-14-23(29)24(22)30/h8,13-14,19-21,25-26,34,36H,3-7,9-12,15-18,31H2,1-2H3,(H,32,35). The summed E-state index contributed by atoms with van der Waals surface area (Å²) < 4.78 is 20.3. The molecule has 210 valence electrons. The van der Waals surface area contributed by atoms with Crippen molar-refractivity contribution in [2.24, 2.45) is 17.6 Å². The third kappa shape index (κ3) is 7.57. The Bertz CT molecular complexity index is 872. The van der Waals surface area contributed by atoms with E-state index in [1.54, 1.807) is 31.1 Å². The van der Waals surface area contributed by atoms with Crippen LogP contribution in [0.3, 0.4) is 0 Å². The molecule has 0 bridgehead atoms. The molecule has 9 heteroatoms. The minimum atomic E-state index is -1.48. The molecule has 7 nitrogen and oxygen atoms in total. The third-order valence-corrected chi connectivity index (χ3v) is 8.70. The van der Waals surface area contributed by atoms with Crippen molar-refractivity contribution >= 4 is 17.6 Å². The normalized spacial score (nSPS) is 23.2. The van der Waals surface area contributed by atoms with Crippen LogP contribution in [0.1, 0.15) is 76.7 Å². The average molecular weight is 542 g/mol. The summed E-state index contributed by atoms with van der Waals surface area (Å²) in [5, 5.41) is 25.7. The van der Waals surface area contributed by atoms with Crippen LogP contribution in [-0.4, -0.2) is 66.1 Å². The first-order valence-corrected chi connectivity index (χ1v) is 14.2. The molecule has 5 atom stereocenters. The van der Waals surface area contributed by atoms with E-state index in [0.29, 0.717) is 38.8 Å². The van der Waals surface area contributed by atoms with Gasteiger partial charge in [0.15, 0.2) is 0 Å². The van der Waals surface area contributed by atoms with Gasteiger partial charge in [-0.05, 0) is 63.9 Å². The molecule has 5 N–H and O–H groups in total. The van der Waals surface area contributed by atoms with Crippen LogP contribution in [0.5, 0.6) is 0 Å². The van der Waals surface area contributed by atoms with Gasteiger partial charge in [-0.1, -0.05) is 43.0 Å². The Balaban J connectivity index is 1.69. The van der Waals surface area contributed by atoms with Crippen LogP contribution < -0.4 is 11.1 Å². The van der Waals surface area contributed by atoms with Gasteiger partial charge in [0.1, 0.15) is 5.82 Å². The number of unbranched alkanes of at least 4 members (excludes halogenated alkanes) is 1. The average Bonchev–Trinajstić information content (AvgIpc) is 2.92. The molecule has 0 spiro atoms. The van der Waals surface area contributed by atoms with E-state index in [4.69, 9.17) is 22.1 Å². The summed E-state index contributed by atoms with van der Waals surface area (Å²) in [5.41, 5.74) is 5.08. The molecule has 5 unspecified atom stereocenters. The summed E-state index contributed by atoms with van der Waals surface area (Å²) in [5.74, 6) is -0.719. The second-order valence-corrected chi connectivity index (χ2v) is 11.4. The Morgan fingerprint density at radius 2 is 2.00 bits per heavy atom. The molecular weight excluding hydrogens is 497 g/mol. The van der Waals surface area contributed by atoms with Crippen LogP contribution in [0.2, 0.25) is 5.02 Å². The number of nitrogens with two attached hydrogens (primary N) is 1. The predicted octanol–water partition coefficient (Wildman–Crippen LogP) is 4.56. The highest BCUT2D eigenvalue weighted by molar-refractivity contribution is 6.30. The van der Waals surface area contributed by atoms with Gasteiger partial charge in [-0.2, -0.15) is 0 Å². The van der Waals surface area contributed by atoms with Gasteiger partial charge < -0.3 is 30.9 Å². The van der Waals surface area contributed by atoms with Gasteiger partial charge >= 0.3 is 6.03 Å². The molecule has 0 aromatic heterocycles. The highest BCUT2D eigenvalue weighted by Gasteiger charge is 2.43. The minimum absolute atomic E-state index is 0.0321. The number of carbonyl (C=O) groups is 1. The summed E-state index contributed by atoms with van der Waals surface area (Å²) in [4.78, 5) is 14.9. The molecule has 1 heterocycles. The number of amides is 2. The maximum absolute atomic E-state index is 15.1. The second-order valence-electron chi connectivity index (χ2n) is 11.0. The molecule has 1 saturated carbocycles. The van der Waals surface area contributed by atoms with Crippen molar-refractivity contribution in [1.82, 2.24) is 10.2 Å². The number of piperidine rings is 1. The SMILES string of the molecule is COCCCCC(O)(c1cccc(Cl)c1F)C1CCCN(C(=O)NC(C)C(O)C(N)C2CCCCC2)C1. The fraction of sp³-hybridized carbons (Fsp3) is 0.750. The summed E-state index contributed by atoms with van der Waals surface area (Å²) in [6.07, 6.45) is 7.68.